The molecule has 1 fully saturated rings. The van der Waals surface area contributed by atoms with E-state index in [9.17, 15) is 18.0 Å². The fourth-order valence-corrected chi connectivity index (χ4v) is 8.23. The average molecular weight is 665 g/mol. The molecule has 4 heterocycles. The molecule has 2 aromatic carbocycles. The van der Waals surface area contributed by atoms with E-state index in [1.807, 2.05) is 24.3 Å². The number of imide groups is 1. The summed E-state index contributed by atoms with van der Waals surface area (Å²) in [5.74, 6) is 0.244. The predicted octanol–water partition coefficient (Wildman–Crippen LogP) is 4.78. The van der Waals surface area contributed by atoms with Gasteiger partial charge in [0, 0.05) is 44.8 Å². The van der Waals surface area contributed by atoms with Crippen molar-refractivity contribution in [2.24, 2.45) is 0 Å². The Morgan fingerprint density at radius 3 is 2.46 bits per heavy atom. The van der Waals surface area contributed by atoms with Crippen molar-refractivity contribution < 1.29 is 31.9 Å². The average Bonchev–Trinajstić information content (AvgIpc) is 3.85. The fraction of sp³-hybridized carbons (Fsp3) is 0.333. The third-order valence-corrected chi connectivity index (χ3v) is 11.3. The van der Waals surface area contributed by atoms with E-state index in [2.05, 4.69) is 14.5 Å². The number of piperazine rings is 1. The Kier molecular flexibility index (Phi) is 9.45. The number of hydrogen-bond acceptors (Lipinski definition) is 10. The summed E-state index contributed by atoms with van der Waals surface area (Å²) in [6, 6.07) is 15.3. The maximum absolute atomic E-state index is 14.3. The van der Waals surface area contributed by atoms with Gasteiger partial charge in [-0.25, -0.2) is 13.1 Å². The van der Waals surface area contributed by atoms with Gasteiger partial charge in [-0.1, -0.05) is 18.2 Å². The molecule has 0 spiro atoms. The van der Waals surface area contributed by atoms with Gasteiger partial charge >= 0.3 is 0 Å². The second kappa shape index (κ2) is 13.7. The molecule has 0 saturated carbocycles. The number of benzene rings is 2. The molecule has 13 heteroatoms. The Bertz CT molecular complexity index is 1780. The third-order valence-electron chi connectivity index (χ3n) is 8.43. The summed E-state index contributed by atoms with van der Waals surface area (Å²) < 4.78 is 44.4. The minimum absolute atomic E-state index is 0.140. The van der Waals surface area contributed by atoms with Gasteiger partial charge in [-0.3, -0.25) is 19.4 Å². The maximum atomic E-state index is 14.3. The highest BCUT2D eigenvalue weighted by Gasteiger charge is 2.43. The van der Waals surface area contributed by atoms with Crippen molar-refractivity contribution in [3.05, 3.63) is 94.8 Å². The monoisotopic (exact) mass is 664 g/mol. The number of hydrogen-bond donors (Lipinski definition) is 1. The molecular formula is C33H36N4O7S2. The number of sulfonamides is 1. The highest BCUT2D eigenvalue weighted by Crippen LogP contribution is 2.40. The van der Waals surface area contributed by atoms with Crippen LogP contribution in [0, 0.1) is 0 Å². The summed E-state index contributed by atoms with van der Waals surface area (Å²) >= 11 is 1.14. The molecule has 0 unspecified atom stereocenters. The van der Waals surface area contributed by atoms with Crippen LogP contribution >= 0.6 is 11.3 Å². The summed E-state index contributed by atoms with van der Waals surface area (Å²) in [4.78, 5) is 34.1. The van der Waals surface area contributed by atoms with Crippen LogP contribution in [-0.4, -0.2) is 77.0 Å². The van der Waals surface area contributed by atoms with Gasteiger partial charge in [0.05, 0.1) is 49.6 Å². The standard InChI is InChI=1S/C33H36N4O7S2/c1-42-28-11-10-24(20-29(28)43-2)26(8-4-13-34-46(40,41)30-9-5-19-45-30)37-32(38)25-6-3-7-27(31(25)33(37)39)36-16-14-35(15-17-36)21-23-12-18-44-22-23/h3,5-7,9-12,18-20,22,26,34H,4,8,13-17,21H2,1-2H3/t26-/m1/s1. The van der Waals surface area contributed by atoms with Crippen molar-refractivity contribution >= 4 is 38.9 Å². The van der Waals surface area contributed by atoms with Crippen LogP contribution in [0.5, 0.6) is 11.5 Å². The van der Waals surface area contributed by atoms with Gasteiger partial charge in [-0.15, -0.1) is 11.3 Å². The van der Waals surface area contributed by atoms with E-state index in [0.717, 1.165) is 42.2 Å². The van der Waals surface area contributed by atoms with E-state index in [-0.39, 0.29) is 22.6 Å². The molecular weight excluding hydrogens is 629 g/mol. The number of thiophene rings is 1. The van der Waals surface area contributed by atoms with E-state index in [1.165, 1.54) is 19.1 Å². The molecule has 4 aromatic rings. The number of carbonyl (C=O) groups is 2. The Labute approximate surface area is 272 Å². The van der Waals surface area contributed by atoms with Gasteiger partial charge < -0.3 is 18.8 Å². The largest absolute Gasteiger partial charge is 0.493 e. The van der Waals surface area contributed by atoms with Gasteiger partial charge in [-0.2, -0.15) is 0 Å². The Hall–Kier alpha value is -4.17. The number of fused-ring (bicyclic) bond motifs is 1. The number of carbonyl (C=O) groups excluding carboxylic acids is 2. The van der Waals surface area contributed by atoms with E-state index < -0.39 is 16.1 Å². The fourth-order valence-electron chi connectivity index (χ4n) is 6.11. The number of nitrogens with zero attached hydrogens (tertiary/aromatic N) is 3. The van der Waals surface area contributed by atoms with Crippen molar-refractivity contribution in [3.63, 3.8) is 0 Å². The van der Waals surface area contributed by atoms with Gasteiger partial charge in [0.1, 0.15) is 4.21 Å². The van der Waals surface area contributed by atoms with Crippen LogP contribution < -0.4 is 19.1 Å². The van der Waals surface area contributed by atoms with Crippen molar-refractivity contribution in [1.82, 2.24) is 14.5 Å². The number of rotatable bonds is 13. The molecule has 242 valence electrons. The van der Waals surface area contributed by atoms with Crippen LogP contribution in [0.1, 0.15) is 50.7 Å². The smallest absolute Gasteiger partial charge is 0.264 e. The number of anilines is 1. The SMILES string of the molecule is COc1ccc([C@@H](CCCNS(=O)(=O)c2cccs2)N2C(=O)c3cccc(N4CCN(Cc5ccoc5)CC4)c3C2=O)cc1OC. The predicted molar refractivity (Wildman–Crippen MR) is 174 cm³/mol. The first-order valence-electron chi connectivity index (χ1n) is 15.0. The molecule has 0 radical (unpaired) electrons. The summed E-state index contributed by atoms with van der Waals surface area (Å²) in [5, 5.41) is 1.71. The van der Waals surface area contributed by atoms with Crippen LogP contribution in [0.2, 0.25) is 0 Å². The molecule has 46 heavy (non-hydrogen) atoms. The summed E-state index contributed by atoms with van der Waals surface area (Å²) in [6.07, 6.45) is 4.13. The molecule has 1 saturated heterocycles. The van der Waals surface area contributed by atoms with Gasteiger partial charge in [0.25, 0.3) is 11.8 Å². The summed E-state index contributed by atoms with van der Waals surface area (Å²) in [6.45, 7) is 3.95. The minimum Gasteiger partial charge on any atom is -0.493 e. The van der Waals surface area contributed by atoms with Gasteiger partial charge in [0.15, 0.2) is 11.5 Å². The van der Waals surface area contributed by atoms with E-state index >= 15 is 0 Å². The molecule has 2 aliphatic heterocycles. The minimum atomic E-state index is -3.65. The van der Waals surface area contributed by atoms with Gasteiger partial charge in [-0.05, 0) is 60.2 Å². The van der Waals surface area contributed by atoms with Crippen LogP contribution in [-0.2, 0) is 16.6 Å². The molecule has 6 rings (SSSR count). The van der Waals surface area contributed by atoms with Crippen molar-refractivity contribution in [2.75, 3.05) is 51.8 Å². The number of methoxy groups -OCH3 is 2. The molecule has 2 amide bonds. The number of nitrogens with one attached hydrogen (secondary N) is 1. The number of ether oxygens (including phenoxy) is 2. The zero-order valence-corrected chi connectivity index (χ0v) is 27.3. The molecule has 2 aliphatic rings. The highest BCUT2D eigenvalue weighted by atomic mass is 32.2. The first kappa shape index (κ1) is 31.8. The molecule has 1 atom stereocenters. The summed E-state index contributed by atoms with van der Waals surface area (Å²) in [7, 11) is -0.583. The van der Waals surface area contributed by atoms with Crippen molar-refractivity contribution in [1.29, 1.82) is 0 Å². The normalized spacial score (nSPS) is 16.1. The number of furan rings is 1. The lowest BCUT2D eigenvalue weighted by Crippen LogP contribution is -2.46. The van der Waals surface area contributed by atoms with Gasteiger partial charge in [0.2, 0.25) is 10.0 Å². The molecule has 1 N–H and O–H groups in total. The van der Waals surface area contributed by atoms with Crippen LogP contribution in [0.3, 0.4) is 0 Å². The Morgan fingerprint density at radius 1 is 0.957 bits per heavy atom. The lowest BCUT2D eigenvalue weighted by atomic mass is 9.99. The quantitative estimate of drug-likeness (QED) is 0.159. The Morgan fingerprint density at radius 2 is 1.76 bits per heavy atom. The number of amides is 2. The Balaban J connectivity index is 1.24. The van der Waals surface area contributed by atoms with E-state index in [0.29, 0.717) is 54.1 Å². The lowest BCUT2D eigenvalue weighted by Gasteiger charge is -2.36. The second-order valence-electron chi connectivity index (χ2n) is 11.2. The molecule has 0 bridgehead atoms. The second-order valence-corrected chi connectivity index (χ2v) is 14.1. The third kappa shape index (κ3) is 6.41. The highest BCUT2D eigenvalue weighted by molar-refractivity contribution is 7.91. The molecule has 0 aliphatic carbocycles. The first-order chi connectivity index (χ1) is 22.3. The topological polar surface area (TPSA) is 122 Å². The van der Waals surface area contributed by atoms with Crippen LogP contribution in [0.15, 0.2) is 81.1 Å². The van der Waals surface area contributed by atoms with E-state index in [1.54, 1.807) is 48.2 Å². The zero-order valence-electron chi connectivity index (χ0n) is 25.7. The molecule has 2 aromatic heterocycles. The van der Waals surface area contributed by atoms with Crippen LogP contribution in [0.4, 0.5) is 5.69 Å². The zero-order chi connectivity index (χ0) is 32.3. The summed E-state index contributed by atoms with van der Waals surface area (Å²) in [5.41, 5.74) is 3.32. The van der Waals surface area contributed by atoms with Crippen molar-refractivity contribution in [3.8, 4) is 11.5 Å². The molecule has 11 nitrogen and oxygen atoms in total. The van der Waals surface area contributed by atoms with Crippen LogP contribution in [0.25, 0.3) is 0 Å². The first-order valence-corrected chi connectivity index (χ1v) is 17.4. The maximum Gasteiger partial charge on any atom is 0.264 e. The lowest BCUT2D eigenvalue weighted by molar-refractivity contribution is 0.0572. The van der Waals surface area contributed by atoms with Crippen molar-refractivity contribution in [2.45, 2.75) is 29.6 Å². The van der Waals surface area contributed by atoms with E-state index in [4.69, 9.17) is 13.9 Å².